The van der Waals surface area contributed by atoms with E-state index in [-0.39, 0.29) is 19.1 Å². The van der Waals surface area contributed by atoms with Crippen LogP contribution in [-0.4, -0.2) is 60.1 Å². The molecule has 32 heavy (non-hydrogen) atoms. The predicted molar refractivity (Wildman–Crippen MR) is 123 cm³/mol. The topological polar surface area (TPSA) is 76.2 Å². The maximum absolute atomic E-state index is 13.3. The van der Waals surface area contributed by atoms with Crippen LogP contribution in [0.3, 0.4) is 0 Å². The molecule has 0 bridgehead atoms. The lowest BCUT2D eigenvalue weighted by Crippen LogP contribution is -2.50. The lowest BCUT2D eigenvalue weighted by Gasteiger charge is -2.33. The first kappa shape index (κ1) is 25.7. The third-order valence-electron chi connectivity index (χ3n) is 5.69. The summed E-state index contributed by atoms with van der Waals surface area (Å²) in [6.07, 6.45) is 5.60. The Balaban J connectivity index is 2.06. The molecule has 1 fully saturated rings. The summed E-state index contributed by atoms with van der Waals surface area (Å²) in [6.45, 7) is 5.34. The summed E-state index contributed by atoms with van der Waals surface area (Å²) >= 11 is 0. The lowest BCUT2D eigenvalue weighted by atomic mass is 9.84. The van der Waals surface area contributed by atoms with Gasteiger partial charge in [-0.25, -0.2) is 4.79 Å². The molecule has 1 aromatic rings. The Kier molecular flexibility index (Phi) is 9.54. The van der Waals surface area contributed by atoms with Gasteiger partial charge in [0.2, 0.25) is 5.91 Å². The highest BCUT2D eigenvalue weighted by molar-refractivity contribution is 5.88. The Morgan fingerprint density at radius 1 is 1.03 bits per heavy atom. The Morgan fingerprint density at radius 3 is 2.25 bits per heavy atom. The first-order valence-electron chi connectivity index (χ1n) is 11.5. The van der Waals surface area contributed by atoms with Gasteiger partial charge >= 0.3 is 12.1 Å². The van der Waals surface area contributed by atoms with Crippen molar-refractivity contribution in [1.29, 1.82) is 0 Å². The zero-order chi connectivity index (χ0) is 23.7. The molecule has 0 aromatic heterocycles. The van der Waals surface area contributed by atoms with Crippen molar-refractivity contribution in [2.24, 2.45) is 5.92 Å². The molecule has 0 radical (unpaired) electrons. The number of rotatable bonds is 8. The standard InChI is InChI=1S/C25H38N2O5/c1-25(2,3)32-22(28)17-26(4)23(29)21(16-19-12-8-6-9-13-19)27(5)24(30)31-18-20-14-10-7-11-15-20/h7,10-11,14-15,19,21H,6,8-9,12-13,16-18H2,1-5H3/t21-/m0/s1. The van der Waals surface area contributed by atoms with Gasteiger partial charge in [-0.1, -0.05) is 62.4 Å². The van der Waals surface area contributed by atoms with Crippen molar-refractivity contribution in [3.63, 3.8) is 0 Å². The fourth-order valence-corrected chi connectivity index (χ4v) is 4.01. The van der Waals surface area contributed by atoms with E-state index in [1.165, 1.54) is 16.2 Å². The number of benzene rings is 1. The molecule has 1 saturated carbocycles. The van der Waals surface area contributed by atoms with Crippen LogP contribution in [0, 0.1) is 5.92 Å². The number of esters is 1. The summed E-state index contributed by atoms with van der Waals surface area (Å²) in [5.74, 6) is -0.378. The normalized spacial score (nSPS) is 15.5. The van der Waals surface area contributed by atoms with Crippen molar-refractivity contribution < 1.29 is 23.9 Å². The van der Waals surface area contributed by atoms with E-state index >= 15 is 0 Å². The molecular formula is C25H38N2O5. The van der Waals surface area contributed by atoms with Gasteiger partial charge < -0.3 is 14.4 Å². The van der Waals surface area contributed by atoms with Gasteiger partial charge in [-0.2, -0.15) is 0 Å². The highest BCUT2D eigenvalue weighted by Gasteiger charge is 2.34. The first-order chi connectivity index (χ1) is 15.1. The van der Waals surface area contributed by atoms with Crippen LogP contribution in [0.1, 0.15) is 64.9 Å². The van der Waals surface area contributed by atoms with E-state index < -0.39 is 23.7 Å². The molecule has 7 heteroatoms. The maximum atomic E-state index is 13.3. The Hall–Kier alpha value is -2.57. The van der Waals surface area contributed by atoms with E-state index in [0.29, 0.717) is 12.3 Å². The molecule has 2 amide bonds. The molecule has 0 aliphatic heterocycles. The van der Waals surface area contributed by atoms with Gasteiger partial charge in [0.05, 0.1) is 0 Å². The highest BCUT2D eigenvalue weighted by atomic mass is 16.6. The number of likely N-dealkylation sites (N-methyl/N-ethyl adjacent to an activating group) is 2. The molecule has 1 aliphatic carbocycles. The van der Waals surface area contributed by atoms with Crippen molar-refractivity contribution in [2.75, 3.05) is 20.6 Å². The number of carbonyl (C=O) groups excluding carboxylic acids is 3. The summed E-state index contributed by atoms with van der Waals surface area (Å²) in [4.78, 5) is 41.0. The average molecular weight is 447 g/mol. The third-order valence-corrected chi connectivity index (χ3v) is 5.69. The van der Waals surface area contributed by atoms with Crippen LogP contribution in [0.2, 0.25) is 0 Å². The fraction of sp³-hybridized carbons (Fsp3) is 0.640. The summed E-state index contributed by atoms with van der Waals surface area (Å²) < 4.78 is 10.8. The van der Waals surface area contributed by atoms with Crippen molar-refractivity contribution in [3.8, 4) is 0 Å². The summed E-state index contributed by atoms with van der Waals surface area (Å²) in [5, 5.41) is 0. The average Bonchev–Trinajstić information content (AvgIpc) is 2.75. The van der Waals surface area contributed by atoms with Gasteiger partial charge in [0.1, 0.15) is 24.8 Å². The van der Waals surface area contributed by atoms with E-state index in [4.69, 9.17) is 9.47 Å². The highest BCUT2D eigenvalue weighted by Crippen LogP contribution is 2.29. The van der Waals surface area contributed by atoms with Crippen LogP contribution >= 0.6 is 0 Å². The van der Waals surface area contributed by atoms with Crippen LogP contribution in [0.5, 0.6) is 0 Å². The van der Waals surface area contributed by atoms with Crippen LogP contribution in [0.15, 0.2) is 30.3 Å². The van der Waals surface area contributed by atoms with Gasteiger partial charge in [0.15, 0.2) is 0 Å². The molecular weight excluding hydrogens is 408 g/mol. The van der Waals surface area contributed by atoms with Crippen LogP contribution in [0.4, 0.5) is 4.79 Å². The number of ether oxygens (including phenoxy) is 2. The van der Waals surface area contributed by atoms with Crippen molar-refractivity contribution >= 4 is 18.0 Å². The quantitative estimate of drug-likeness (QED) is 0.554. The number of hydrogen-bond donors (Lipinski definition) is 0. The third kappa shape index (κ3) is 8.52. The molecule has 0 heterocycles. The molecule has 0 saturated heterocycles. The molecule has 7 nitrogen and oxygen atoms in total. The largest absolute Gasteiger partial charge is 0.459 e. The van der Waals surface area contributed by atoms with Gasteiger partial charge in [-0.15, -0.1) is 0 Å². The predicted octanol–water partition coefficient (Wildman–Crippen LogP) is 4.39. The second-order valence-corrected chi connectivity index (χ2v) is 9.69. The second kappa shape index (κ2) is 11.9. The molecule has 0 N–H and O–H groups in total. The molecule has 2 rings (SSSR count). The smallest absolute Gasteiger partial charge is 0.410 e. The SMILES string of the molecule is CN(CC(=O)OC(C)(C)C)C(=O)[C@H](CC1CCCCC1)N(C)C(=O)OCc1ccccc1. The van der Waals surface area contributed by atoms with Crippen molar-refractivity contribution in [3.05, 3.63) is 35.9 Å². The van der Waals surface area contributed by atoms with Crippen LogP contribution in [0.25, 0.3) is 0 Å². The molecule has 1 atom stereocenters. The fourth-order valence-electron chi connectivity index (χ4n) is 4.01. The van der Waals surface area contributed by atoms with Gasteiger partial charge in [-0.05, 0) is 38.7 Å². The number of nitrogens with zero attached hydrogens (tertiary/aromatic N) is 2. The van der Waals surface area contributed by atoms with E-state index in [2.05, 4.69) is 0 Å². The lowest BCUT2D eigenvalue weighted by molar-refractivity contribution is -0.159. The number of carbonyl (C=O) groups is 3. The minimum atomic E-state index is -0.686. The number of amides is 2. The van der Waals surface area contributed by atoms with Crippen LogP contribution in [-0.2, 0) is 25.7 Å². The number of hydrogen-bond acceptors (Lipinski definition) is 5. The van der Waals surface area contributed by atoms with E-state index in [1.54, 1.807) is 34.9 Å². The Morgan fingerprint density at radius 2 is 1.66 bits per heavy atom. The zero-order valence-electron chi connectivity index (χ0n) is 20.1. The molecule has 1 aliphatic rings. The second-order valence-electron chi connectivity index (χ2n) is 9.69. The zero-order valence-corrected chi connectivity index (χ0v) is 20.1. The minimum absolute atomic E-state index is 0.141. The molecule has 0 spiro atoms. The maximum Gasteiger partial charge on any atom is 0.410 e. The van der Waals surface area contributed by atoms with E-state index in [1.807, 2.05) is 30.3 Å². The monoisotopic (exact) mass is 446 g/mol. The Labute approximate surface area is 192 Å². The summed E-state index contributed by atoms with van der Waals surface area (Å²) in [6, 6.07) is 8.74. The van der Waals surface area contributed by atoms with Gasteiger partial charge in [0, 0.05) is 14.1 Å². The molecule has 178 valence electrons. The summed E-state index contributed by atoms with van der Waals surface area (Å²) in [7, 11) is 3.17. The van der Waals surface area contributed by atoms with Gasteiger partial charge in [-0.3, -0.25) is 14.5 Å². The summed E-state index contributed by atoms with van der Waals surface area (Å²) in [5.41, 5.74) is 0.256. The van der Waals surface area contributed by atoms with Crippen LogP contribution < -0.4 is 0 Å². The Bertz CT molecular complexity index is 753. The van der Waals surface area contributed by atoms with Crippen molar-refractivity contribution in [2.45, 2.75) is 77.5 Å². The van der Waals surface area contributed by atoms with Crippen molar-refractivity contribution in [1.82, 2.24) is 9.80 Å². The van der Waals surface area contributed by atoms with Gasteiger partial charge in [0.25, 0.3) is 0 Å². The van der Waals surface area contributed by atoms with E-state index in [9.17, 15) is 14.4 Å². The minimum Gasteiger partial charge on any atom is -0.459 e. The first-order valence-corrected chi connectivity index (χ1v) is 11.5. The molecule has 1 aromatic carbocycles. The van der Waals surface area contributed by atoms with E-state index in [0.717, 1.165) is 31.2 Å². The molecule has 0 unspecified atom stereocenters.